The highest BCUT2D eigenvalue weighted by Crippen LogP contribution is 2.14. The average molecular weight is 331 g/mol. The van der Waals surface area contributed by atoms with Crippen LogP contribution in [0, 0.1) is 0 Å². The van der Waals surface area contributed by atoms with Crippen molar-refractivity contribution in [3.05, 3.63) is 35.9 Å². The minimum Gasteiger partial charge on any atom is -0.455 e. The largest absolute Gasteiger partial charge is 0.455 e. The molecule has 3 heterocycles. The van der Waals surface area contributed by atoms with Crippen molar-refractivity contribution >= 4 is 5.97 Å². The Morgan fingerprint density at radius 2 is 2.21 bits per heavy atom. The lowest BCUT2D eigenvalue weighted by Crippen LogP contribution is -2.48. The monoisotopic (exact) mass is 331 g/mol. The van der Waals surface area contributed by atoms with E-state index >= 15 is 0 Å². The Balaban J connectivity index is 1.69. The smallest absolute Gasteiger partial charge is 0.357 e. The van der Waals surface area contributed by atoms with Gasteiger partial charge in [0.1, 0.15) is 11.3 Å². The average Bonchev–Trinajstić information content (AvgIpc) is 2.93. The van der Waals surface area contributed by atoms with E-state index in [1.54, 1.807) is 29.2 Å². The Morgan fingerprint density at radius 1 is 1.42 bits per heavy atom. The molecule has 0 atom stereocenters. The zero-order valence-electron chi connectivity index (χ0n) is 14.0. The van der Waals surface area contributed by atoms with E-state index < -0.39 is 11.6 Å². The molecule has 2 aromatic rings. The lowest BCUT2D eigenvalue weighted by molar-refractivity contribution is 0.00581. The van der Waals surface area contributed by atoms with Gasteiger partial charge in [-0.2, -0.15) is 0 Å². The second-order valence-corrected chi connectivity index (χ2v) is 6.65. The Bertz CT molecular complexity index is 718. The zero-order valence-corrected chi connectivity index (χ0v) is 14.0. The molecule has 0 radical (unpaired) electrons. The Kier molecular flexibility index (Phi) is 4.59. The predicted octanol–water partition coefficient (Wildman–Crippen LogP) is 1.11. The van der Waals surface area contributed by atoms with Gasteiger partial charge >= 0.3 is 5.97 Å². The molecule has 0 spiro atoms. The van der Waals surface area contributed by atoms with Gasteiger partial charge in [-0.1, -0.05) is 5.21 Å². The number of carbonyl (C=O) groups excluding carboxylic acids is 1. The van der Waals surface area contributed by atoms with Crippen molar-refractivity contribution in [1.29, 1.82) is 0 Å². The van der Waals surface area contributed by atoms with Crippen molar-refractivity contribution in [3.63, 3.8) is 0 Å². The number of hydrogen-bond donors (Lipinski definition) is 1. The normalized spacial score (nSPS) is 15.1. The standard InChI is InChI=1S/C16H21N5O3/c1-16(2,3)24-15(22)14-6-12(4-5-18-14)21-9-11(19-20-21)10-23-13-7-17-8-13/h4-6,9,13,17H,7-8,10H2,1-3H3. The maximum absolute atomic E-state index is 12.1. The molecule has 1 fully saturated rings. The number of ether oxygens (including phenoxy) is 2. The summed E-state index contributed by atoms with van der Waals surface area (Å²) in [4.78, 5) is 16.2. The van der Waals surface area contributed by atoms with Crippen LogP contribution in [0.2, 0.25) is 0 Å². The number of rotatable bonds is 5. The molecule has 1 aliphatic heterocycles. The Hall–Kier alpha value is -2.32. The van der Waals surface area contributed by atoms with E-state index in [1.165, 1.54) is 0 Å². The molecule has 0 amide bonds. The lowest BCUT2D eigenvalue weighted by Gasteiger charge is -2.26. The molecule has 24 heavy (non-hydrogen) atoms. The third-order valence-corrected chi connectivity index (χ3v) is 3.37. The molecule has 8 heteroatoms. The van der Waals surface area contributed by atoms with Gasteiger partial charge in [-0.05, 0) is 32.9 Å². The van der Waals surface area contributed by atoms with E-state index in [4.69, 9.17) is 9.47 Å². The first kappa shape index (κ1) is 16.5. The molecular weight excluding hydrogens is 310 g/mol. The molecule has 0 unspecified atom stereocenters. The van der Waals surface area contributed by atoms with Gasteiger partial charge in [0.2, 0.25) is 0 Å². The molecule has 3 rings (SSSR count). The first-order valence-electron chi connectivity index (χ1n) is 7.84. The Morgan fingerprint density at radius 3 is 2.88 bits per heavy atom. The van der Waals surface area contributed by atoms with Gasteiger partial charge in [0.15, 0.2) is 5.69 Å². The van der Waals surface area contributed by atoms with E-state index in [2.05, 4.69) is 20.6 Å². The highest BCUT2D eigenvalue weighted by atomic mass is 16.6. The molecule has 128 valence electrons. The summed E-state index contributed by atoms with van der Waals surface area (Å²) in [6, 6.07) is 3.38. The number of nitrogens with zero attached hydrogens (tertiary/aromatic N) is 4. The van der Waals surface area contributed by atoms with E-state index in [0.717, 1.165) is 18.8 Å². The zero-order chi connectivity index (χ0) is 17.2. The molecule has 0 aliphatic carbocycles. The van der Waals surface area contributed by atoms with Gasteiger partial charge in [-0.15, -0.1) is 5.10 Å². The summed E-state index contributed by atoms with van der Waals surface area (Å²) < 4.78 is 12.6. The summed E-state index contributed by atoms with van der Waals surface area (Å²) in [6.45, 7) is 7.61. The van der Waals surface area contributed by atoms with Crippen LogP contribution < -0.4 is 5.32 Å². The third kappa shape index (κ3) is 4.15. The summed E-state index contributed by atoms with van der Waals surface area (Å²) in [6.07, 6.45) is 3.57. The van der Waals surface area contributed by atoms with Crippen molar-refractivity contribution < 1.29 is 14.3 Å². The van der Waals surface area contributed by atoms with Gasteiger partial charge in [0.25, 0.3) is 0 Å². The summed E-state index contributed by atoms with van der Waals surface area (Å²) in [5, 5.41) is 11.3. The van der Waals surface area contributed by atoms with Gasteiger partial charge in [0, 0.05) is 19.3 Å². The summed E-state index contributed by atoms with van der Waals surface area (Å²) in [5.74, 6) is -0.467. The van der Waals surface area contributed by atoms with Crippen LogP contribution in [0.4, 0.5) is 0 Å². The van der Waals surface area contributed by atoms with Crippen molar-refractivity contribution in [2.24, 2.45) is 0 Å². The minimum atomic E-state index is -0.567. The fourth-order valence-corrected chi connectivity index (χ4v) is 2.08. The SMILES string of the molecule is CC(C)(C)OC(=O)c1cc(-n2cc(COC3CNC3)nn2)ccn1. The van der Waals surface area contributed by atoms with Crippen LogP contribution in [0.25, 0.3) is 5.69 Å². The van der Waals surface area contributed by atoms with Gasteiger partial charge < -0.3 is 14.8 Å². The van der Waals surface area contributed by atoms with Crippen LogP contribution >= 0.6 is 0 Å². The van der Waals surface area contributed by atoms with E-state index in [9.17, 15) is 4.79 Å². The predicted molar refractivity (Wildman–Crippen MR) is 85.8 cm³/mol. The van der Waals surface area contributed by atoms with Gasteiger partial charge in [-0.3, -0.25) is 0 Å². The first-order chi connectivity index (χ1) is 11.4. The topological polar surface area (TPSA) is 91.2 Å². The molecule has 8 nitrogen and oxygen atoms in total. The van der Waals surface area contributed by atoms with Crippen LogP contribution in [-0.2, 0) is 16.1 Å². The molecule has 1 aliphatic rings. The molecule has 0 saturated carbocycles. The van der Waals surface area contributed by atoms with Crippen molar-refractivity contribution in [1.82, 2.24) is 25.3 Å². The number of pyridine rings is 1. The maximum atomic E-state index is 12.1. The molecule has 0 aromatic carbocycles. The number of hydrogen-bond acceptors (Lipinski definition) is 7. The minimum absolute atomic E-state index is 0.233. The second-order valence-electron chi connectivity index (χ2n) is 6.65. The highest BCUT2D eigenvalue weighted by molar-refractivity contribution is 5.88. The van der Waals surface area contributed by atoms with Crippen LogP contribution in [0.15, 0.2) is 24.5 Å². The van der Waals surface area contributed by atoms with E-state index in [-0.39, 0.29) is 11.8 Å². The summed E-state index contributed by atoms with van der Waals surface area (Å²) in [7, 11) is 0. The molecule has 1 saturated heterocycles. The van der Waals surface area contributed by atoms with Crippen LogP contribution in [0.1, 0.15) is 37.0 Å². The fraction of sp³-hybridized carbons (Fsp3) is 0.500. The molecular formula is C16H21N5O3. The summed E-state index contributed by atoms with van der Waals surface area (Å²) >= 11 is 0. The van der Waals surface area contributed by atoms with Crippen LogP contribution in [0.3, 0.4) is 0 Å². The van der Waals surface area contributed by atoms with Crippen molar-refractivity contribution in [3.8, 4) is 5.69 Å². The molecule has 1 N–H and O–H groups in total. The maximum Gasteiger partial charge on any atom is 0.357 e. The van der Waals surface area contributed by atoms with E-state index in [0.29, 0.717) is 12.3 Å². The number of esters is 1. The van der Waals surface area contributed by atoms with Crippen molar-refractivity contribution in [2.75, 3.05) is 13.1 Å². The van der Waals surface area contributed by atoms with Crippen molar-refractivity contribution in [2.45, 2.75) is 39.1 Å². The quantitative estimate of drug-likeness (QED) is 0.821. The third-order valence-electron chi connectivity index (χ3n) is 3.37. The second kappa shape index (κ2) is 6.66. The molecule has 2 aromatic heterocycles. The van der Waals surface area contributed by atoms with Crippen LogP contribution in [-0.4, -0.2) is 50.7 Å². The summed E-state index contributed by atoms with van der Waals surface area (Å²) in [5.41, 5.74) is 1.09. The number of nitrogens with one attached hydrogen (secondary N) is 1. The van der Waals surface area contributed by atoms with Crippen LogP contribution in [0.5, 0.6) is 0 Å². The number of carbonyl (C=O) groups is 1. The lowest BCUT2D eigenvalue weighted by atomic mass is 10.2. The fourth-order valence-electron chi connectivity index (χ4n) is 2.08. The van der Waals surface area contributed by atoms with Gasteiger partial charge in [-0.25, -0.2) is 14.5 Å². The first-order valence-corrected chi connectivity index (χ1v) is 7.84. The van der Waals surface area contributed by atoms with E-state index in [1.807, 2.05) is 20.8 Å². The highest BCUT2D eigenvalue weighted by Gasteiger charge is 2.20. The molecule has 0 bridgehead atoms. The van der Waals surface area contributed by atoms with Gasteiger partial charge in [0.05, 0.1) is 24.6 Å². The Labute approximate surface area is 140 Å². The number of aromatic nitrogens is 4.